The SMILES string of the molecule is CCCNc1ccc(C(=O)Nc2cnccc2C)nc1. The molecule has 0 fully saturated rings. The second-order valence-corrected chi connectivity index (χ2v) is 4.50. The number of carbonyl (C=O) groups excluding carboxylic acids is 1. The first kappa shape index (κ1) is 14.0. The topological polar surface area (TPSA) is 66.9 Å². The first-order valence-electron chi connectivity index (χ1n) is 6.62. The van der Waals surface area contributed by atoms with Gasteiger partial charge in [0.2, 0.25) is 0 Å². The van der Waals surface area contributed by atoms with Crippen LogP contribution in [-0.4, -0.2) is 22.4 Å². The van der Waals surface area contributed by atoms with E-state index in [-0.39, 0.29) is 5.91 Å². The fourth-order valence-electron chi connectivity index (χ4n) is 1.68. The number of hydrogen-bond donors (Lipinski definition) is 2. The summed E-state index contributed by atoms with van der Waals surface area (Å²) in [5.74, 6) is -0.233. The molecule has 0 aliphatic carbocycles. The molecular formula is C15H18N4O. The zero-order valence-corrected chi connectivity index (χ0v) is 11.7. The highest BCUT2D eigenvalue weighted by molar-refractivity contribution is 6.03. The average molecular weight is 270 g/mol. The highest BCUT2D eigenvalue weighted by Crippen LogP contribution is 2.13. The largest absolute Gasteiger partial charge is 0.384 e. The van der Waals surface area contributed by atoms with Gasteiger partial charge in [-0.05, 0) is 37.1 Å². The summed E-state index contributed by atoms with van der Waals surface area (Å²) in [6, 6.07) is 5.41. The third kappa shape index (κ3) is 3.54. The van der Waals surface area contributed by atoms with E-state index >= 15 is 0 Å². The first-order chi connectivity index (χ1) is 9.70. The van der Waals surface area contributed by atoms with Gasteiger partial charge < -0.3 is 10.6 Å². The number of carbonyl (C=O) groups is 1. The Balaban J connectivity index is 2.04. The molecule has 0 aliphatic heterocycles. The van der Waals surface area contributed by atoms with E-state index in [0.717, 1.165) is 24.2 Å². The smallest absolute Gasteiger partial charge is 0.274 e. The number of anilines is 2. The summed E-state index contributed by atoms with van der Waals surface area (Å²) >= 11 is 0. The molecule has 2 rings (SSSR count). The van der Waals surface area contributed by atoms with Crippen LogP contribution in [-0.2, 0) is 0 Å². The number of nitrogens with zero attached hydrogens (tertiary/aromatic N) is 2. The molecule has 2 heterocycles. The fraction of sp³-hybridized carbons (Fsp3) is 0.267. The minimum Gasteiger partial charge on any atom is -0.384 e. The predicted octanol–water partition coefficient (Wildman–Crippen LogP) is 2.86. The van der Waals surface area contributed by atoms with Crippen LogP contribution in [0.4, 0.5) is 11.4 Å². The van der Waals surface area contributed by atoms with E-state index in [1.165, 1.54) is 0 Å². The van der Waals surface area contributed by atoms with Gasteiger partial charge in [-0.15, -0.1) is 0 Å². The van der Waals surface area contributed by atoms with Crippen molar-refractivity contribution in [1.29, 1.82) is 0 Å². The van der Waals surface area contributed by atoms with E-state index in [1.54, 1.807) is 24.7 Å². The van der Waals surface area contributed by atoms with E-state index in [2.05, 4.69) is 27.5 Å². The molecule has 0 radical (unpaired) electrons. The van der Waals surface area contributed by atoms with Crippen LogP contribution in [0.25, 0.3) is 0 Å². The second kappa shape index (κ2) is 6.65. The molecule has 0 spiro atoms. The molecule has 0 aliphatic rings. The molecule has 5 nitrogen and oxygen atoms in total. The van der Waals surface area contributed by atoms with Crippen molar-refractivity contribution in [2.24, 2.45) is 0 Å². The van der Waals surface area contributed by atoms with Gasteiger partial charge in [-0.2, -0.15) is 0 Å². The summed E-state index contributed by atoms with van der Waals surface area (Å²) in [6.45, 7) is 4.91. The Bertz CT molecular complexity index is 581. The van der Waals surface area contributed by atoms with Crippen LogP contribution in [0, 0.1) is 6.92 Å². The van der Waals surface area contributed by atoms with Crippen molar-refractivity contribution in [3.05, 3.63) is 48.0 Å². The maximum absolute atomic E-state index is 12.1. The number of pyridine rings is 2. The van der Waals surface area contributed by atoms with Crippen molar-refractivity contribution in [2.45, 2.75) is 20.3 Å². The van der Waals surface area contributed by atoms with Crippen LogP contribution in [0.1, 0.15) is 29.4 Å². The lowest BCUT2D eigenvalue weighted by Gasteiger charge is -2.08. The molecule has 0 bridgehead atoms. The Labute approximate surface area is 118 Å². The van der Waals surface area contributed by atoms with Crippen LogP contribution in [0.5, 0.6) is 0 Å². The van der Waals surface area contributed by atoms with Gasteiger partial charge in [0, 0.05) is 12.7 Å². The van der Waals surface area contributed by atoms with Gasteiger partial charge in [0.25, 0.3) is 5.91 Å². The van der Waals surface area contributed by atoms with Crippen LogP contribution in [0.3, 0.4) is 0 Å². The summed E-state index contributed by atoms with van der Waals surface area (Å²) in [7, 11) is 0. The molecule has 0 saturated carbocycles. The molecule has 0 saturated heterocycles. The van der Waals surface area contributed by atoms with Crippen LogP contribution in [0.2, 0.25) is 0 Å². The normalized spacial score (nSPS) is 10.1. The average Bonchev–Trinajstić information content (AvgIpc) is 2.48. The predicted molar refractivity (Wildman–Crippen MR) is 79.9 cm³/mol. The molecule has 104 valence electrons. The minimum absolute atomic E-state index is 0.233. The highest BCUT2D eigenvalue weighted by atomic mass is 16.1. The summed E-state index contributed by atoms with van der Waals surface area (Å²) < 4.78 is 0. The van der Waals surface area contributed by atoms with Crippen molar-refractivity contribution in [3.8, 4) is 0 Å². The number of hydrogen-bond acceptors (Lipinski definition) is 4. The fourth-order valence-corrected chi connectivity index (χ4v) is 1.68. The van der Waals surface area contributed by atoms with Gasteiger partial charge in [0.15, 0.2) is 0 Å². The number of nitrogens with one attached hydrogen (secondary N) is 2. The van der Waals surface area contributed by atoms with E-state index in [0.29, 0.717) is 11.4 Å². The van der Waals surface area contributed by atoms with Gasteiger partial charge in [0.05, 0.1) is 23.8 Å². The highest BCUT2D eigenvalue weighted by Gasteiger charge is 2.08. The third-order valence-electron chi connectivity index (χ3n) is 2.86. The van der Waals surface area contributed by atoms with E-state index in [4.69, 9.17) is 0 Å². The molecule has 20 heavy (non-hydrogen) atoms. The number of rotatable bonds is 5. The summed E-state index contributed by atoms with van der Waals surface area (Å²) in [5, 5.41) is 6.02. The van der Waals surface area contributed by atoms with Crippen molar-refractivity contribution in [3.63, 3.8) is 0 Å². The molecule has 0 aromatic carbocycles. The maximum Gasteiger partial charge on any atom is 0.274 e. The lowest BCUT2D eigenvalue weighted by atomic mass is 10.2. The molecule has 2 aromatic heterocycles. The minimum atomic E-state index is -0.233. The Morgan fingerprint density at radius 2 is 2.10 bits per heavy atom. The Kier molecular flexibility index (Phi) is 4.65. The quantitative estimate of drug-likeness (QED) is 0.876. The van der Waals surface area contributed by atoms with Crippen LogP contribution < -0.4 is 10.6 Å². The van der Waals surface area contributed by atoms with E-state index < -0.39 is 0 Å². The molecule has 0 unspecified atom stereocenters. The van der Waals surface area contributed by atoms with Crippen molar-refractivity contribution in [1.82, 2.24) is 9.97 Å². The number of amides is 1. The van der Waals surface area contributed by atoms with Gasteiger partial charge in [-0.3, -0.25) is 9.78 Å². The standard InChI is InChI=1S/C15H18N4O/c1-3-7-17-12-4-5-13(18-9-12)15(20)19-14-10-16-8-6-11(14)2/h4-6,8-10,17H,3,7H2,1-2H3,(H,19,20). The van der Waals surface area contributed by atoms with Gasteiger partial charge in [-0.1, -0.05) is 6.92 Å². The maximum atomic E-state index is 12.1. The number of aromatic nitrogens is 2. The molecule has 2 N–H and O–H groups in total. The first-order valence-corrected chi connectivity index (χ1v) is 6.62. The van der Waals surface area contributed by atoms with E-state index in [1.807, 2.05) is 19.1 Å². The van der Waals surface area contributed by atoms with Gasteiger partial charge in [0.1, 0.15) is 5.69 Å². The molecule has 1 amide bonds. The summed E-state index contributed by atoms with van der Waals surface area (Å²) in [5.41, 5.74) is 2.97. The Morgan fingerprint density at radius 3 is 2.75 bits per heavy atom. The molecule has 2 aromatic rings. The van der Waals surface area contributed by atoms with Crippen LogP contribution in [0.15, 0.2) is 36.8 Å². The second-order valence-electron chi connectivity index (χ2n) is 4.50. The lowest BCUT2D eigenvalue weighted by molar-refractivity contribution is 0.102. The monoisotopic (exact) mass is 270 g/mol. The van der Waals surface area contributed by atoms with Crippen molar-refractivity contribution < 1.29 is 4.79 Å². The molecular weight excluding hydrogens is 252 g/mol. The van der Waals surface area contributed by atoms with Crippen molar-refractivity contribution in [2.75, 3.05) is 17.2 Å². The zero-order chi connectivity index (χ0) is 14.4. The third-order valence-corrected chi connectivity index (χ3v) is 2.86. The Hall–Kier alpha value is -2.43. The number of aryl methyl sites for hydroxylation is 1. The van der Waals surface area contributed by atoms with Crippen LogP contribution >= 0.6 is 0 Å². The van der Waals surface area contributed by atoms with Gasteiger partial charge >= 0.3 is 0 Å². The zero-order valence-electron chi connectivity index (χ0n) is 11.7. The Morgan fingerprint density at radius 1 is 1.25 bits per heavy atom. The molecule has 5 heteroatoms. The summed E-state index contributed by atoms with van der Waals surface area (Å²) in [6.07, 6.45) is 6.03. The summed E-state index contributed by atoms with van der Waals surface area (Å²) in [4.78, 5) is 20.2. The van der Waals surface area contributed by atoms with Gasteiger partial charge in [-0.25, -0.2) is 4.98 Å². The van der Waals surface area contributed by atoms with Crippen molar-refractivity contribution >= 4 is 17.3 Å². The lowest BCUT2D eigenvalue weighted by Crippen LogP contribution is -2.14. The molecule has 0 atom stereocenters. The van der Waals surface area contributed by atoms with E-state index in [9.17, 15) is 4.79 Å².